The zero-order valence-corrected chi connectivity index (χ0v) is 12.4. The molecule has 1 aromatic carbocycles. The van der Waals surface area contributed by atoms with Gasteiger partial charge in [-0.15, -0.1) is 12.4 Å². The number of hydrogen-bond donors (Lipinski definition) is 2. The number of nitrogens with zero attached hydrogens (tertiary/aromatic N) is 1. The molecule has 0 saturated carbocycles. The molecule has 1 aliphatic rings. The summed E-state index contributed by atoms with van der Waals surface area (Å²) in [4.78, 5) is 14.0. The third-order valence-corrected chi connectivity index (χ3v) is 3.63. The summed E-state index contributed by atoms with van der Waals surface area (Å²) in [7, 11) is 0. The van der Waals surface area contributed by atoms with E-state index < -0.39 is 0 Å². The summed E-state index contributed by atoms with van der Waals surface area (Å²) in [5.41, 5.74) is 7.47. The topological polar surface area (TPSA) is 58.4 Å². The lowest BCUT2D eigenvalue weighted by Crippen LogP contribution is -2.33. The van der Waals surface area contributed by atoms with Crippen molar-refractivity contribution < 1.29 is 4.79 Å². The third kappa shape index (κ3) is 4.35. The molecule has 0 spiro atoms. The van der Waals surface area contributed by atoms with E-state index >= 15 is 0 Å². The van der Waals surface area contributed by atoms with Crippen LogP contribution in [0.4, 0.5) is 5.69 Å². The molecule has 106 valence electrons. The Morgan fingerprint density at radius 1 is 1.58 bits per heavy atom. The van der Waals surface area contributed by atoms with Gasteiger partial charge in [0.05, 0.1) is 6.54 Å². The molecule has 0 radical (unpaired) electrons. The van der Waals surface area contributed by atoms with Crippen LogP contribution < -0.4 is 11.1 Å². The van der Waals surface area contributed by atoms with Crippen LogP contribution in [0.1, 0.15) is 12.0 Å². The number of likely N-dealkylation sites (tertiary alicyclic amines) is 1. The quantitative estimate of drug-likeness (QED) is 0.898. The highest BCUT2D eigenvalue weighted by Gasteiger charge is 2.21. The number of hydrogen-bond acceptors (Lipinski definition) is 3. The summed E-state index contributed by atoms with van der Waals surface area (Å²) >= 11 is 6.01. The molecule has 1 aromatic rings. The average Bonchev–Trinajstić information content (AvgIpc) is 2.70. The van der Waals surface area contributed by atoms with Crippen molar-refractivity contribution in [3.8, 4) is 0 Å². The SMILES string of the molecule is Cc1c(Cl)cccc1NC(=O)CN1CC[C@H](N)C1.Cl. The number of carbonyl (C=O) groups is 1. The van der Waals surface area contributed by atoms with Crippen molar-refractivity contribution in [2.24, 2.45) is 5.73 Å². The Morgan fingerprint density at radius 3 is 2.95 bits per heavy atom. The van der Waals surface area contributed by atoms with Gasteiger partial charge in [-0.25, -0.2) is 0 Å². The average molecular weight is 304 g/mol. The summed E-state index contributed by atoms with van der Waals surface area (Å²) in [6, 6.07) is 5.70. The highest BCUT2D eigenvalue weighted by molar-refractivity contribution is 6.31. The molecule has 1 heterocycles. The first-order valence-electron chi connectivity index (χ1n) is 6.09. The molecule has 6 heteroatoms. The third-order valence-electron chi connectivity index (χ3n) is 3.22. The van der Waals surface area contributed by atoms with E-state index in [0.717, 1.165) is 30.8 Å². The van der Waals surface area contributed by atoms with Crippen molar-refractivity contribution in [3.63, 3.8) is 0 Å². The fourth-order valence-corrected chi connectivity index (χ4v) is 2.32. The minimum atomic E-state index is -0.0190. The molecule has 19 heavy (non-hydrogen) atoms. The second-order valence-electron chi connectivity index (χ2n) is 4.74. The number of anilines is 1. The van der Waals surface area contributed by atoms with Crippen LogP contribution in [0.3, 0.4) is 0 Å². The standard InChI is InChI=1S/C13H18ClN3O.ClH/c1-9-11(14)3-2-4-12(9)16-13(18)8-17-6-5-10(15)7-17;/h2-4,10H,5-8,15H2,1H3,(H,16,18);1H/t10-;/m0./s1. The van der Waals surface area contributed by atoms with Crippen LogP contribution in [0.5, 0.6) is 0 Å². The maximum Gasteiger partial charge on any atom is 0.238 e. The van der Waals surface area contributed by atoms with Crippen LogP contribution in [-0.4, -0.2) is 36.5 Å². The summed E-state index contributed by atoms with van der Waals surface area (Å²) < 4.78 is 0. The molecule has 0 aromatic heterocycles. The normalized spacial score (nSPS) is 19.0. The van der Waals surface area contributed by atoms with Crippen molar-refractivity contribution in [1.82, 2.24) is 4.90 Å². The van der Waals surface area contributed by atoms with Crippen LogP contribution >= 0.6 is 24.0 Å². The molecule has 0 bridgehead atoms. The van der Waals surface area contributed by atoms with E-state index in [1.165, 1.54) is 0 Å². The van der Waals surface area contributed by atoms with Crippen molar-refractivity contribution in [2.75, 3.05) is 25.0 Å². The first-order valence-corrected chi connectivity index (χ1v) is 6.47. The molecule has 1 saturated heterocycles. The van der Waals surface area contributed by atoms with E-state index in [1.54, 1.807) is 0 Å². The maximum atomic E-state index is 11.9. The lowest BCUT2D eigenvalue weighted by Gasteiger charge is -2.15. The van der Waals surface area contributed by atoms with Gasteiger partial charge in [0.15, 0.2) is 0 Å². The zero-order valence-electron chi connectivity index (χ0n) is 10.9. The van der Waals surface area contributed by atoms with E-state index in [4.69, 9.17) is 17.3 Å². The number of benzene rings is 1. The van der Waals surface area contributed by atoms with Gasteiger partial charge in [-0.1, -0.05) is 17.7 Å². The molecule has 1 fully saturated rings. The Balaban J connectivity index is 0.00000180. The minimum Gasteiger partial charge on any atom is -0.326 e. The predicted octanol–water partition coefficient (Wildman–Crippen LogP) is 2.04. The van der Waals surface area contributed by atoms with Crippen molar-refractivity contribution in [2.45, 2.75) is 19.4 Å². The number of rotatable bonds is 3. The highest BCUT2D eigenvalue weighted by atomic mass is 35.5. The molecule has 4 nitrogen and oxygen atoms in total. The number of amides is 1. The maximum absolute atomic E-state index is 11.9. The molecule has 1 amide bonds. The molecule has 0 unspecified atom stereocenters. The Kier molecular flexibility index (Phi) is 6.07. The van der Waals surface area contributed by atoms with Crippen molar-refractivity contribution >= 4 is 35.6 Å². The lowest BCUT2D eigenvalue weighted by atomic mass is 10.2. The lowest BCUT2D eigenvalue weighted by molar-refractivity contribution is -0.117. The summed E-state index contributed by atoms with van der Waals surface area (Å²) in [6.45, 7) is 3.97. The van der Waals surface area contributed by atoms with Crippen LogP contribution in [0.15, 0.2) is 18.2 Å². The summed E-state index contributed by atoms with van der Waals surface area (Å²) in [5, 5.41) is 3.55. The van der Waals surface area contributed by atoms with Gasteiger partial charge in [0.25, 0.3) is 0 Å². The molecule has 2 rings (SSSR count). The summed E-state index contributed by atoms with van der Waals surface area (Å²) in [5.74, 6) is -0.0190. The second kappa shape index (κ2) is 7.10. The van der Waals surface area contributed by atoms with Gasteiger partial charge in [0, 0.05) is 29.8 Å². The van der Waals surface area contributed by atoms with E-state index in [2.05, 4.69) is 10.2 Å². The smallest absolute Gasteiger partial charge is 0.238 e. The van der Waals surface area contributed by atoms with Crippen molar-refractivity contribution in [1.29, 1.82) is 0 Å². The number of nitrogens with one attached hydrogen (secondary N) is 1. The minimum absolute atomic E-state index is 0. The first kappa shape index (κ1) is 16.2. The first-order chi connectivity index (χ1) is 8.56. The van der Waals surface area contributed by atoms with Crippen LogP contribution in [0, 0.1) is 6.92 Å². The number of nitrogens with two attached hydrogens (primary N) is 1. The van der Waals surface area contributed by atoms with Crippen LogP contribution in [0.2, 0.25) is 5.02 Å². The molecular weight excluding hydrogens is 285 g/mol. The number of halogens is 2. The molecular formula is C13H19Cl2N3O. The van der Waals surface area contributed by atoms with Crippen LogP contribution in [0.25, 0.3) is 0 Å². The number of carbonyl (C=O) groups excluding carboxylic acids is 1. The Hall–Kier alpha value is -0.810. The van der Waals surface area contributed by atoms with E-state index in [9.17, 15) is 4.79 Å². The van der Waals surface area contributed by atoms with Gasteiger partial charge in [0.1, 0.15) is 0 Å². The Labute approximate surface area is 124 Å². The van der Waals surface area contributed by atoms with Gasteiger partial charge in [0.2, 0.25) is 5.91 Å². The largest absolute Gasteiger partial charge is 0.326 e. The van der Waals surface area contributed by atoms with Gasteiger partial charge in [-0.05, 0) is 31.0 Å². The van der Waals surface area contributed by atoms with E-state index in [0.29, 0.717) is 11.6 Å². The fourth-order valence-electron chi connectivity index (χ4n) is 2.14. The molecule has 3 N–H and O–H groups in total. The van der Waals surface area contributed by atoms with E-state index in [1.807, 2.05) is 25.1 Å². The highest BCUT2D eigenvalue weighted by Crippen LogP contribution is 2.22. The molecule has 1 atom stereocenters. The molecule has 1 aliphatic heterocycles. The monoisotopic (exact) mass is 303 g/mol. The van der Waals surface area contributed by atoms with Gasteiger partial charge < -0.3 is 11.1 Å². The van der Waals surface area contributed by atoms with E-state index in [-0.39, 0.29) is 24.4 Å². The Bertz CT molecular complexity index is 454. The fraction of sp³-hybridized carbons (Fsp3) is 0.462. The van der Waals surface area contributed by atoms with Gasteiger partial charge in [-0.3, -0.25) is 9.69 Å². The second-order valence-corrected chi connectivity index (χ2v) is 5.15. The van der Waals surface area contributed by atoms with Crippen molar-refractivity contribution in [3.05, 3.63) is 28.8 Å². The van der Waals surface area contributed by atoms with Gasteiger partial charge in [-0.2, -0.15) is 0 Å². The van der Waals surface area contributed by atoms with Crippen LogP contribution in [-0.2, 0) is 4.79 Å². The molecule has 0 aliphatic carbocycles. The Morgan fingerprint density at radius 2 is 2.32 bits per heavy atom. The zero-order chi connectivity index (χ0) is 13.1. The summed E-state index contributed by atoms with van der Waals surface area (Å²) in [6.07, 6.45) is 0.962. The predicted molar refractivity (Wildman–Crippen MR) is 81.1 cm³/mol. The van der Waals surface area contributed by atoms with Gasteiger partial charge >= 0.3 is 0 Å².